The maximum absolute atomic E-state index is 10.6. The van der Waals surface area contributed by atoms with Gasteiger partial charge < -0.3 is 10.8 Å². The lowest BCUT2D eigenvalue weighted by atomic mass is 10.2. The van der Waals surface area contributed by atoms with Crippen molar-refractivity contribution >= 4 is 12.0 Å². The minimum absolute atomic E-state index is 0.401. The number of nitrogens with two attached hydrogens (primary N) is 1. The Morgan fingerprint density at radius 1 is 1.53 bits per heavy atom. The predicted octanol–water partition coefficient (Wildman–Crippen LogP) is 2.08. The molecule has 0 aromatic carbocycles. The lowest BCUT2D eigenvalue weighted by Gasteiger charge is -1.93. The van der Waals surface area contributed by atoms with Crippen LogP contribution in [-0.2, 0) is 4.79 Å². The van der Waals surface area contributed by atoms with Crippen molar-refractivity contribution in [1.82, 2.24) is 4.98 Å². The summed E-state index contributed by atoms with van der Waals surface area (Å²) in [5.74, 6) is -2.15. The summed E-state index contributed by atoms with van der Waals surface area (Å²) in [7, 11) is 0. The van der Waals surface area contributed by atoms with Gasteiger partial charge in [-0.15, -0.1) is 0 Å². The van der Waals surface area contributed by atoms with E-state index in [-0.39, 0.29) is 0 Å². The van der Waals surface area contributed by atoms with Crippen molar-refractivity contribution in [2.45, 2.75) is 18.6 Å². The summed E-state index contributed by atoms with van der Waals surface area (Å²) in [6.07, 6.45) is 3.94. The van der Waals surface area contributed by atoms with E-state index in [1.807, 2.05) is 18.3 Å². The third-order valence-corrected chi connectivity index (χ3v) is 2.35. The molecule has 0 bridgehead atoms. The summed E-state index contributed by atoms with van der Waals surface area (Å²) in [6, 6.07) is 4.38. The number of hydrogen-bond donors (Lipinski definition) is 2. The van der Waals surface area contributed by atoms with Crippen LogP contribution in [0.2, 0.25) is 0 Å². The fraction of sp³-hybridized carbons (Fsp3) is 0.333. The average Bonchev–Trinajstić information content (AvgIpc) is 3.04. The third-order valence-electron chi connectivity index (χ3n) is 2.35. The lowest BCUT2D eigenvalue weighted by Crippen LogP contribution is -2.21. The van der Waals surface area contributed by atoms with Crippen LogP contribution >= 0.6 is 0 Å². The van der Waals surface area contributed by atoms with Gasteiger partial charge in [0, 0.05) is 18.4 Å². The van der Waals surface area contributed by atoms with Crippen molar-refractivity contribution in [3.63, 3.8) is 0 Å². The van der Waals surface area contributed by atoms with E-state index >= 15 is 0 Å². The number of aromatic nitrogens is 1. The standard InChI is InChI=1S/C10H12N2.C2HF3O2/c11-10-6-9(10)4-3-8-2-1-5-12-7-8;3-2(4,5)1(6)7/h1-5,7,9-10H,6,11H2;(H,6,7). The molecule has 1 fully saturated rings. The summed E-state index contributed by atoms with van der Waals surface area (Å²) >= 11 is 0. The van der Waals surface area contributed by atoms with Crippen molar-refractivity contribution in [2.75, 3.05) is 0 Å². The zero-order valence-electron chi connectivity index (χ0n) is 9.84. The number of hydrogen-bond acceptors (Lipinski definition) is 3. The van der Waals surface area contributed by atoms with Gasteiger partial charge in [0.15, 0.2) is 0 Å². The van der Waals surface area contributed by atoms with Crippen LogP contribution in [0.5, 0.6) is 0 Å². The van der Waals surface area contributed by atoms with Gasteiger partial charge in [-0.05, 0) is 24.0 Å². The van der Waals surface area contributed by atoms with Crippen LogP contribution in [0, 0.1) is 5.92 Å². The van der Waals surface area contributed by atoms with Gasteiger partial charge in [-0.25, -0.2) is 4.79 Å². The highest BCUT2D eigenvalue weighted by Crippen LogP contribution is 2.29. The van der Waals surface area contributed by atoms with E-state index in [4.69, 9.17) is 15.6 Å². The monoisotopic (exact) mass is 274 g/mol. The average molecular weight is 274 g/mol. The van der Waals surface area contributed by atoms with Gasteiger partial charge in [0.25, 0.3) is 0 Å². The molecule has 1 saturated carbocycles. The normalized spacial score (nSPS) is 21.7. The molecule has 1 aromatic heterocycles. The van der Waals surface area contributed by atoms with E-state index in [1.54, 1.807) is 6.20 Å². The third kappa shape index (κ3) is 6.01. The Bertz CT molecular complexity index is 446. The van der Waals surface area contributed by atoms with Crippen LogP contribution in [0.1, 0.15) is 12.0 Å². The highest BCUT2D eigenvalue weighted by Gasteiger charge is 2.38. The molecule has 2 atom stereocenters. The lowest BCUT2D eigenvalue weighted by molar-refractivity contribution is -0.192. The Kier molecular flexibility index (Phi) is 5.05. The molecule has 7 heteroatoms. The Labute approximate surface area is 107 Å². The summed E-state index contributed by atoms with van der Waals surface area (Å²) in [4.78, 5) is 12.9. The highest BCUT2D eigenvalue weighted by molar-refractivity contribution is 5.73. The number of halogens is 3. The molecule has 2 unspecified atom stereocenters. The molecule has 19 heavy (non-hydrogen) atoms. The second kappa shape index (κ2) is 6.33. The summed E-state index contributed by atoms with van der Waals surface area (Å²) in [6.45, 7) is 0. The first-order chi connectivity index (χ1) is 8.80. The molecule has 1 aromatic rings. The first-order valence-corrected chi connectivity index (χ1v) is 5.44. The largest absolute Gasteiger partial charge is 0.490 e. The van der Waals surface area contributed by atoms with Crippen molar-refractivity contribution in [3.8, 4) is 0 Å². The minimum Gasteiger partial charge on any atom is -0.475 e. The molecule has 2 rings (SSSR count). The van der Waals surface area contributed by atoms with E-state index in [0.717, 1.165) is 12.0 Å². The molecule has 0 aliphatic heterocycles. The predicted molar refractivity (Wildman–Crippen MR) is 63.0 cm³/mol. The second-order valence-corrected chi connectivity index (χ2v) is 4.01. The van der Waals surface area contributed by atoms with E-state index in [2.05, 4.69) is 17.1 Å². The smallest absolute Gasteiger partial charge is 0.475 e. The molecule has 1 aliphatic carbocycles. The van der Waals surface area contributed by atoms with Crippen LogP contribution in [0.15, 0.2) is 30.6 Å². The van der Waals surface area contributed by atoms with Crippen LogP contribution in [0.4, 0.5) is 13.2 Å². The molecule has 4 nitrogen and oxygen atoms in total. The SMILES string of the molecule is NC1CC1C=Cc1cccnc1.O=C(O)C(F)(F)F. The van der Waals surface area contributed by atoms with E-state index in [0.29, 0.717) is 12.0 Å². The maximum Gasteiger partial charge on any atom is 0.490 e. The number of nitrogens with zero attached hydrogens (tertiary/aromatic N) is 1. The number of aliphatic carboxylic acids is 1. The van der Waals surface area contributed by atoms with E-state index in [9.17, 15) is 13.2 Å². The molecule has 104 valence electrons. The molecule has 1 heterocycles. The minimum atomic E-state index is -5.08. The summed E-state index contributed by atoms with van der Waals surface area (Å²) < 4.78 is 31.7. The van der Waals surface area contributed by atoms with Crippen molar-refractivity contribution in [3.05, 3.63) is 36.2 Å². The molecule has 0 radical (unpaired) electrons. The van der Waals surface area contributed by atoms with Gasteiger partial charge in [0.05, 0.1) is 0 Å². The second-order valence-electron chi connectivity index (χ2n) is 4.01. The van der Waals surface area contributed by atoms with Crippen molar-refractivity contribution < 1.29 is 23.1 Å². The zero-order valence-corrected chi connectivity index (χ0v) is 9.84. The number of carboxylic acids is 1. The van der Waals surface area contributed by atoms with Gasteiger partial charge in [-0.1, -0.05) is 18.2 Å². The van der Waals surface area contributed by atoms with Crippen molar-refractivity contribution in [1.29, 1.82) is 0 Å². The number of carbonyl (C=O) groups is 1. The molecule has 1 aliphatic rings. The highest BCUT2D eigenvalue weighted by atomic mass is 19.4. The van der Waals surface area contributed by atoms with Gasteiger partial charge in [-0.2, -0.15) is 13.2 Å². The fourth-order valence-electron chi connectivity index (χ4n) is 1.17. The molecular weight excluding hydrogens is 261 g/mol. The number of carboxylic acid groups (broad SMARTS) is 1. The molecular formula is C12H13F3N2O2. The Morgan fingerprint density at radius 2 is 2.11 bits per heavy atom. The Morgan fingerprint density at radius 3 is 2.47 bits per heavy atom. The van der Waals surface area contributed by atoms with Gasteiger partial charge >= 0.3 is 12.1 Å². The molecule has 0 amide bonds. The van der Waals surface area contributed by atoms with Crippen LogP contribution in [0.3, 0.4) is 0 Å². The first-order valence-electron chi connectivity index (χ1n) is 5.44. The van der Waals surface area contributed by atoms with Gasteiger partial charge in [0.1, 0.15) is 0 Å². The first kappa shape index (κ1) is 15.2. The zero-order chi connectivity index (χ0) is 14.5. The summed E-state index contributed by atoms with van der Waals surface area (Å²) in [5, 5.41) is 7.12. The van der Waals surface area contributed by atoms with Crippen LogP contribution in [-0.4, -0.2) is 28.3 Å². The van der Waals surface area contributed by atoms with E-state index in [1.165, 1.54) is 0 Å². The van der Waals surface area contributed by atoms with Crippen LogP contribution < -0.4 is 5.73 Å². The Hall–Kier alpha value is -1.89. The molecule has 0 spiro atoms. The van der Waals surface area contributed by atoms with E-state index < -0.39 is 12.1 Å². The molecule has 3 N–H and O–H groups in total. The van der Waals surface area contributed by atoms with Crippen LogP contribution in [0.25, 0.3) is 6.08 Å². The number of rotatable bonds is 2. The van der Waals surface area contributed by atoms with Gasteiger partial charge in [-0.3, -0.25) is 4.98 Å². The number of pyridine rings is 1. The quantitative estimate of drug-likeness (QED) is 0.865. The topological polar surface area (TPSA) is 76.2 Å². The maximum atomic E-state index is 10.6. The van der Waals surface area contributed by atoms with Gasteiger partial charge in [0.2, 0.25) is 0 Å². The summed E-state index contributed by atoms with van der Waals surface area (Å²) in [5.41, 5.74) is 6.81. The Balaban J connectivity index is 0.000000224. The van der Waals surface area contributed by atoms with Crippen molar-refractivity contribution in [2.24, 2.45) is 11.7 Å². The fourth-order valence-corrected chi connectivity index (χ4v) is 1.17. The molecule has 0 saturated heterocycles. The number of alkyl halides is 3.